The second-order valence-electron chi connectivity index (χ2n) is 5.65. The predicted molar refractivity (Wildman–Crippen MR) is 88.7 cm³/mol. The molecule has 4 heteroatoms. The van der Waals surface area contributed by atoms with E-state index in [1.807, 2.05) is 42.5 Å². The summed E-state index contributed by atoms with van der Waals surface area (Å²) in [6.07, 6.45) is 0.407. The fraction of sp³-hybridized carbons (Fsp3) is 0.167. The number of nitrogens with one attached hydrogen (secondary N) is 1. The van der Waals surface area contributed by atoms with Crippen molar-refractivity contribution in [3.8, 4) is 0 Å². The zero-order valence-corrected chi connectivity index (χ0v) is 12.9. The van der Waals surface area contributed by atoms with Gasteiger partial charge in [-0.05, 0) is 36.6 Å². The van der Waals surface area contributed by atoms with Crippen LogP contribution in [-0.2, 0) is 11.2 Å². The number of aliphatic hydroxyl groups is 1. The maximum atomic E-state index is 12.7. The molecule has 0 bridgehead atoms. The van der Waals surface area contributed by atoms with Gasteiger partial charge in [-0.3, -0.25) is 4.79 Å². The van der Waals surface area contributed by atoms with Crippen molar-refractivity contribution in [1.82, 2.24) is 0 Å². The van der Waals surface area contributed by atoms with Gasteiger partial charge in [0.2, 0.25) is 5.91 Å². The lowest BCUT2D eigenvalue weighted by molar-refractivity contribution is -0.124. The first-order valence-electron chi connectivity index (χ1n) is 7.06. The molecule has 2 aromatic carbocycles. The van der Waals surface area contributed by atoms with E-state index in [0.717, 1.165) is 11.1 Å². The second-order valence-corrected chi connectivity index (χ2v) is 6.03. The molecule has 0 spiro atoms. The third-order valence-corrected chi connectivity index (χ3v) is 4.44. The highest BCUT2D eigenvalue weighted by molar-refractivity contribution is 6.49. The number of fused-ring (bicyclic) bond motifs is 1. The van der Waals surface area contributed by atoms with Crippen molar-refractivity contribution in [3.63, 3.8) is 0 Å². The first-order valence-corrected chi connectivity index (χ1v) is 7.44. The van der Waals surface area contributed by atoms with E-state index in [1.54, 1.807) is 19.1 Å². The molecule has 3 nitrogen and oxygen atoms in total. The van der Waals surface area contributed by atoms with Crippen molar-refractivity contribution in [2.75, 3.05) is 5.32 Å². The Morgan fingerprint density at radius 3 is 2.50 bits per heavy atom. The quantitative estimate of drug-likeness (QED) is 0.865. The van der Waals surface area contributed by atoms with Crippen molar-refractivity contribution in [2.45, 2.75) is 13.3 Å². The van der Waals surface area contributed by atoms with Crippen LogP contribution in [0.1, 0.15) is 18.1 Å². The summed E-state index contributed by atoms with van der Waals surface area (Å²) in [5, 5.41) is 13.6. The molecule has 0 heterocycles. The van der Waals surface area contributed by atoms with Crippen LogP contribution in [0.25, 0.3) is 5.03 Å². The average molecular weight is 314 g/mol. The molecular weight excluding hydrogens is 298 g/mol. The number of rotatable bonds is 2. The summed E-state index contributed by atoms with van der Waals surface area (Å²) in [6, 6.07) is 16.7. The van der Waals surface area contributed by atoms with Gasteiger partial charge in [-0.2, -0.15) is 0 Å². The van der Waals surface area contributed by atoms with Crippen LogP contribution in [0.5, 0.6) is 0 Å². The summed E-state index contributed by atoms with van der Waals surface area (Å²) >= 11 is 6.28. The zero-order chi connectivity index (χ0) is 15.7. The minimum absolute atomic E-state index is 0.0821. The van der Waals surface area contributed by atoms with Gasteiger partial charge in [-0.15, -0.1) is 0 Å². The van der Waals surface area contributed by atoms with E-state index in [2.05, 4.69) is 5.32 Å². The van der Waals surface area contributed by atoms with Crippen LogP contribution in [0, 0.1) is 5.41 Å². The lowest BCUT2D eigenvalue weighted by atomic mass is 9.75. The molecule has 22 heavy (non-hydrogen) atoms. The molecular formula is C18H16ClNO2. The van der Waals surface area contributed by atoms with Crippen LogP contribution < -0.4 is 5.32 Å². The Hall–Kier alpha value is -2.26. The third-order valence-electron chi connectivity index (χ3n) is 4.06. The molecule has 0 saturated heterocycles. The number of amides is 1. The van der Waals surface area contributed by atoms with Crippen LogP contribution in [0.15, 0.2) is 60.4 Å². The fourth-order valence-corrected chi connectivity index (χ4v) is 3.09. The molecule has 0 fully saturated rings. The van der Waals surface area contributed by atoms with Crippen molar-refractivity contribution in [2.24, 2.45) is 5.41 Å². The van der Waals surface area contributed by atoms with Gasteiger partial charge in [0, 0.05) is 5.69 Å². The van der Waals surface area contributed by atoms with Gasteiger partial charge in [-0.25, -0.2) is 0 Å². The minimum atomic E-state index is -1.08. The molecule has 2 N–H and O–H groups in total. The number of carbonyl (C=O) groups is 1. The SMILES string of the molecule is CC1(C(=O)Nc2ccccc2)Cc2ccccc2C(Cl)=C1O. The maximum Gasteiger partial charge on any atom is 0.238 e. The number of benzene rings is 2. The summed E-state index contributed by atoms with van der Waals surface area (Å²) in [4.78, 5) is 12.7. The van der Waals surface area contributed by atoms with Gasteiger partial charge >= 0.3 is 0 Å². The Bertz CT molecular complexity index is 755. The molecule has 112 valence electrons. The van der Waals surface area contributed by atoms with E-state index in [-0.39, 0.29) is 16.7 Å². The Balaban J connectivity index is 1.97. The fourth-order valence-electron chi connectivity index (χ4n) is 2.70. The van der Waals surface area contributed by atoms with E-state index in [9.17, 15) is 9.90 Å². The standard InChI is InChI=1S/C18H16ClNO2/c1-18(17(22)20-13-8-3-2-4-9-13)11-12-7-5-6-10-14(12)15(19)16(18)21/h2-10,21H,11H2,1H3,(H,20,22). The summed E-state index contributed by atoms with van der Waals surface area (Å²) in [5.41, 5.74) is 1.35. The lowest BCUT2D eigenvalue weighted by Gasteiger charge is -2.33. The van der Waals surface area contributed by atoms with Crippen LogP contribution >= 0.6 is 11.6 Å². The number of halogens is 1. The van der Waals surface area contributed by atoms with Gasteiger partial charge < -0.3 is 10.4 Å². The summed E-state index contributed by atoms with van der Waals surface area (Å²) in [5.74, 6) is -0.356. The highest BCUT2D eigenvalue weighted by atomic mass is 35.5. The first kappa shape index (κ1) is 14.7. The number of anilines is 1. The molecule has 0 aromatic heterocycles. The van der Waals surface area contributed by atoms with Crippen LogP contribution in [-0.4, -0.2) is 11.0 Å². The van der Waals surface area contributed by atoms with Crippen molar-refractivity contribution >= 4 is 28.2 Å². The Morgan fingerprint density at radius 2 is 1.77 bits per heavy atom. The first-order chi connectivity index (χ1) is 10.5. The molecule has 0 aliphatic heterocycles. The number of carbonyl (C=O) groups excluding carboxylic acids is 1. The molecule has 1 aliphatic rings. The highest BCUT2D eigenvalue weighted by Crippen LogP contribution is 2.43. The maximum absolute atomic E-state index is 12.7. The van der Waals surface area contributed by atoms with E-state index in [4.69, 9.17) is 11.6 Å². The summed E-state index contributed by atoms with van der Waals surface area (Å²) in [7, 11) is 0. The van der Waals surface area contributed by atoms with Crippen LogP contribution in [0.3, 0.4) is 0 Å². The Labute approximate surface area is 134 Å². The number of para-hydroxylation sites is 1. The smallest absolute Gasteiger partial charge is 0.238 e. The summed E-state index contributed by atoms with van der Waals surface area (Å²) in [6.45, 7) is 1.71. The van der Waals surface area contributed by atoms with Gasteiger partial charge in [-0.1, -0.05) is 54.1 Å². The topological polar surface area (TPSA) is 49.3 Å². The lowest BCUT2D eigenvalue weighted by Crippen LogP contribution is -2.39. The molecule has 1 amide bonds. The highest BCUT2D eigenvalue weighted by Gasteiger charge is 2.43. The molecule has 2 aromatic rings. The number of hydrogen-bond donors (Lipinski definition) is 2. The molecule has 1 atom stereocenters. The normalized spacial score (nSPS) is 20.5. The number of aliphatic hydroxyl groups excluding tert-OH is 1. The minimum Gasteiger partial charge on any atom is -0.510 e. The Kier molecular flexibility index (Phi) is 3.67. The second kappa shape index (κ2) is 5.50. The monoisotopic (exact) mass is 313 g/mol. The number of hydrogen-bond acceptors (Lipinski definition) is 2. The molecule has 1 aliphatic carbocycles. The summed E-state index contributed by atoms with van der Waals surface area (Å²) < 4.78 is 0. The molecule has 0 saturated carbocycles. The van der Waals surface area contributed by atoms with E-state index in [0.29, 0.717) is 12.1 Å². The molecule has 0 radical (unpaired) electrons. The van der Waals surface area contributed by atoms with Gasteiger partial charge in [0.1, 0.15) is 11.2 Å². The largest absolute Gasteiger partial charge is 0.510 e. The van der Waals surface area contributed by atoms with Gasteiger partial charge in [0.15, 0.2) is 0 Å². The zero-order valence-electron chi connectivity index (χ0n) is 12.1. The van der Waals surface area contributed by atoms with Gasteiger partial charge in [0.25, 0.3) is 0 Å². The Morgan fingerprint density at radius 1 is 1.14 bits per heavy atom. The van der Waals surface area contributed by atoms with Gasteiger partial charge in [0.05, 0.1) is 5.03 Å². The third kappa shape index (κ3) is 2.38. The van der Waals surface area contributed by atoms with Crippen molar-refractivity contribution in [1.29, 1.82) is 0 Å². The van der Waals surface area contributed by atoms with Crippen LogP contribution in [0.2, 0.25) is 0 Å². The van der Waals surface area contributed by atoms with E-state index >= 15 is 0 Å². The van der Waals surface area contributed by atoms with Crippen molar-refractivity contribution in [3.05, 3.63) is 71.5 Å². The van der Waals surface area contributed by atoms with E-state index in [1.165, 1.54) is 0 Å². The van der Waals surface area contributed by atoms with E-state index < -0.39 is 5.41 Å². The average Bonchev–Trinajstić information content (AvgIpc) is 2.54. The molecule has 1 unspecified atom stereocenters. The van der Waals surface area contributed by atoms with Crippen LogP contribution in [0.4, 0.5) is 5.69 Å². The predicted octanol–water partition coefficient (Wildman–Crippen LogP) is 4.35. The molecule has 3 rings (SSSR count). The van der Waals surface area contributed by atoms with Crippen molar-refractivity contribution < 1.29 is 9.90 Å².